The van der Waals surface area contributed by atoms with Crippen molar-refractivity contribution in [3.05, 3.63) is 0 Å². The molecule has 0 saturated carbocycles. The minimum Gasteiger partial charge on any atom is 0 e. The molecule has 0 heterocycles. The van der Waals surface area contributed by atoms with Gasteiger partial charge in [0.05, 0.1) is 0 Å². The third kappa shape index (κ3) is 9.26. The summed E-state index contributed by atoms with van der Waals surface area (Å²) in [5.41, 5.74) is 0. The zero-order chi connectivity index (χ0) is 2.00. The van der Waals surface area contributed by atoms with Crippen LogP contribution in [-0.4, -0.2) is 22.5 Å². The second kappa shape index (κ2) is 21.8. The van der Waals surface area contributed by atoms with E-state index in [-0.39, 0.29) is 27.0 Å². The third-order valence-corrected chi connectivity index (χ3v) is 0. The van der Waals surface area contributed by atoms with Crippen molar-refractivity contribution in [2.45, 2.75) is 4.94 Å². The van der Waals surface area contributed by atoms with Gasteiger partial charge in [-0.05, 0) is 0 Å². The summed E-state index contributed by atoms with van der Waals surface area (Å²) in [4.78, 5) is 2.09. The molecule has 1 atom stereocenters. The van der Waals surface area contributed by atoms with E-state index < -0.39 is 0 Å². The average molecular weight is 231 g/mol. The van der Waals surface area contributed by atoms with Crippen LogP contribution in [0.5, 0.6) is 0 Å². The third-order valence-electron chi connectivity index (χ3n) is 0. The van der Waals surface area contributed by atoms with Crippen molar-refractivity contribution in [2.24, 2.45) is 0 Å². The summed E-state index contributed by atoms with van der Waals surface area (Å²) in [6.07, 6.45) is 0. The summed E-state index contributed by atoms with van der Waals surface area (Å²) in [6.45, 7) is 0. The molecule has 0 amide bonds. The maximum Gasteiger partial charge on any atom is 0 e. The Balaban J connectivity index is -0.00000000500. The van der Waals surface area contributed by atoms with Gasteiger partial charge in [0, 0.05) is 17.1 Å². The zero-order valence-electron chi connectivity index (χ0n) is 2.51. The second-order valence-corrected chi connectivity index (χ2v) is 0. The van der Waals surface area contributed by atoms with Gasteiger partial charge in [-0.3, -0.25) is 0 Å². The van der Waals surface area contributed by atoms with Crippen LogP contribution < -0.4 is 0 Å². The van der Waals surface area contributed by atoms with Crippen LogP contribution in [0.25, 0.3) is 0 Å². The van der Waals surface area contributed by atoms with Gasteiger partial charge in [-0.15, -0.1) is 0 Å². The van der Waals surface area contributed by atoms with Gasteiger partial charge in [0.25, 0.3) is 0 Å². The van der Waals surface area contributed by atoms with Crippen molar-refractivity contribution in [3.63, 3.8) is 0 Å². The van der Waals surface area contributed by atoms with Gasteiger partial charge in [-0.25, -0.2) is 0 Å². The fourth-order valence-corrected chi connectivity index (χ4v) is 0. The molecule has 0 nitrogen and oxygen atoms in total. The molecule has 0 aromatic carbocycles. The van der Waals surface area contributed by atoms with Crippen molar-refractivity contribution >= 4 is 32.4 Å². The molecular formula is CH6CuPSn. The molecule has 0 aromatic rings. The van der Waals surface area contributed by atoms with Crippen molar-refractivity contribution in [1.82, 2.24) is 0 Å². The van der Waals surface area contributed by atoms with Crippen LogP contribution in [0.1, 0.15) is 0 Å². The van der Waals surface area contributed by atoms with E-state index in [0.29, 0.717) is 0 Å². The Bertz CT molecular complexity index is 8.00. The fraction of sp³-hybridized carbons (Fsp3) is 1.00. The van der Waals surface area contributed by atoms with Gasteiger partial charge >= 0.3 is 27.5 Å². The Kier molecular flexibility index (Phi) is 93.6. The Morgan fingerprint density at radius 3 is 1.25 bits per heavy atom. The molecule has 0 aliphatic heterocycles. The zero-order valence-corrected chi connectivity index (χ0v) is 7.72. The first kappa shape index (κ1) is 17.2. The summed E-state index contributed by atoms with van der Waals surface area (Å²) >= 11 is 1.55. The molecule has 0 spiro atoms. The second-order valence-electron chi connectivity index (χ2n) is 0. The predicted octanol–water partition coefficient (Wildman–Crippen LogP) is 0.259. The number of hydrogen-bond donors (Lipinski definition) is 0. The maximum absolute atomic E-state index is 2.09. The molecule has 0 bridgehead atoms. The van der Waals surface area contributed by atoms with Gasteiger partial charge in [-0.1, -0.05) is 0 Å². The Hall–Kier alpha value is 1.75. The molecule has 4 radical (unpaired) electrons. The molecule has 0 aliphatic rings. The van der Waals surface area contributed by atoms with E-state index in [0.717, 1.165) is 0 Å². The molecule has 0 rings (SSSR count). The standard InChI is InChI=1S/CH3.Cu.H3P.Sn/h1H3;;1H3;. The largest absolute Gasteiger partial charge is 0 e. The van der Waals surface area contributed by atoms with Gasteiger partial charge in [0.2, 0.25) is 0 Å². The first-order valence-corrected chi connectivity index (χ1v) is 3.35. The topological polar surface area (TPSA) is 0 Å². The number of hydrogen-bond acceptors (Lipinski definition) is 0. The molecule has 0 saturated heterocycles. The van der Waals surface area contributed by atoms with Crippen LogP contribution in [-0.2, 0) is 17.1 Å². The Labute approximate surface area is 54.3 Å². The van der Waals surface area contributed by atoms with Crippen LogP contribution in [0.3, 0.4) is 0 Å². The van der Waals surface area contributed by atoms with E-state index in [1.807, 2.05) is 0 Å². The van der Waals surface area contributed by atoms with Crippen molar-refractivity contribution < 1.29 is 17.1 Å². The molecule has 30 valence electrons. The summed E-state index contributed by atoms with van der Waals surface area (Å²) in [5, 5.41) is 0. The maximum atomic E-state index is 2.09. The Morgan fingerprint density at radius 1 is 1.25 bits per heavy atom. The van der Waals surface area contributed by atoms with Gasteiger partial charge in [0.1, 0.15) is 0 Å². The van der Waals surface area contributed by atoms with Crippen LogP contribution in [0.2, 0.25) is 4.94 Å². The van der Waals surface area contributed by atoms with Gasteiger partial charge in [0.15, 0.2) is 0 Å². The smallest absolute Gasteiger partial charge is 0 e. The molecule has 0 aliphatic carbocycles. The molecule has 0 N–H and O–H groups in total. The average Bonchev–Trinajstić information content (AvgIpc) is 1.00. The summed E-state index contributed by atoms with van der Waals surface area (Å²) in [6, 6.07) is 0. The number of rotatable bonds is 0. The SMILES string of the molecule is P.[CH3][Sn].[Cu]. The van der Waals surface area contributed by atoms with Crippen LogP contribution >= 0.6 is 9.90 Å². The Morgan fingerprint density at radius 2 is 1.25 bits per heavy atom. The minimum atomic E-state index is 0. The quantitative estimate of drug-likeness (QED) is 0.414. The molecule has 3 heteroatoms. The summed E-state index contributed by atoms with van der Waals surface area (Å²) in [7, 11) is 0. The first-order valence-electron chi connectivity index (χ1n) is 0.500. The normalized spacial score (nSPS) is 1.50. The van der Waals surface area contributed by atoms with Crippen LogP contribution in [0.15, 0.2) is 0 Å². The van der Waals surface area contributed by atoms with Crippen molar-refractivity contribution in [1.29, 1.82) is 0 Å². The molecule has 4 heavy (non-hydrogen) atoms. The van der Waals surface area contributed by atoms with E-state index >= 15 is 0 Å². The van der Waals surface area contributed by atoms with Crippen LogP contribution in [0.4, 0.5) is 0 Å². The molecule has 0 aromatic heterocycles. The van der Waals surface area contributed by atoms with E-state index in [2.05, 4.69) is 4.94 Å². The summed E-state index contributed by atoms with van der Waals surface area (Å²) in [5.74, 6) is 0. The first-order chi connectivity index (χ1) is 1.00. The molecular weight excluding hydrogens is 225 g/mol. The molecule has 1 unspecified atom stereocenters. The van der Waals surface area contributed by atoms with E-state index in [4.69, 9.17) is 0 Å². The van der Waals surface area contributed by atoms with E-state index in [1.54, 1.807) is 22.5 Å². The van der Waals surface area contributed by atoms with Crippen molar-refractivity contribution in [2.75, 3.05) is 0 Å². The van der Waals surface area contributed by atoms with E-state index in [1.165, 1.54) is 0 Å². The van der Waals surface area contributed by atoms with Crippen LogP contribution in [0, 0.1) is 0 Å². The predicted molar refractivity (Wildman–Crippen MR) is 22.7 cm³/mol. The van der Waals surface area contributed by atoms with Gasteiger partial charge < -0.3 is 0 Å². The fourth-order valence-electron chi connectivity index (χ4n) is 0. The van der Waals surface area contributed by atoms with E-state index in [9.17, 15) is 0 Å². The molecule has 0 fully saturated rings. The van der Waals surface area contributed by atoms with Gasteiger partial charge in [-0.2, -0.15) is 9.90 Å². The van der Waals surface area contributed by atoms with Crippen molar-refractivity contribution in [3.8, 4) is 0 Å². The monoisotopic (exact) mass is 232 g/mol. The summed E-state index contributed by atoms with van der Waals surface area (Å²) < 4.78 is 0. The minimum absolute atomic E-state index is 0.